The number of aromatic nitrogens is 2. The van der Waals surface area contributed by atoms with Crippen molar-refractivity contribution < 1.29 is 24.2 Å². The average Bonchev–Trinajstić information content (AvgIpc) is 2.96. The Morgan fingerprint density at radius 3 is 2.41 bits per heavy atom. The number of amides is 2. The molecule has 2 aromatic rings. The third-order valence-electron chi connectivity index (χ3n) is 3.99. The molecular formula is C18H22N4O5. The number of methoxy groups -OCH3 is 1. The molecule has 27 heavy (non-hydrogen) atoms. The maximum atomic E-state index is 12.2. The predicted octanol–water partition coefficient (Wildman–Crippen LogP) is 1.16. The number of hydrogen-bond donors (Lipinski definition) is 3. The number of aryl methyl sites for hydroxylation is 2. The molecule has 0 radical (unpaired) electrons. The van der Waals surface area contributed by atoms with Crippen LogP contribution in [-0.2, 0) is 20.9 Å². The maximum absolute atomic E-state index is 12.2. The molecule has 2 amide bonds. The van der Waals surface area contributed by atoms with Crippen molar-refractivity contribution in [1.82, 2.24) is 9.78 Å². The molecule has 0 unspecified atom stereocenters. The number of nitrogens with one attached hydrogen (secondary N) is 2. The monoisotopic (exact) mass is 374 g/mol. The Morgan fingerprint density at radius 2 is 1.78 bits per heavy atom. The molecule has 9 heteroatoms. The van der Waals surface area contributed by atoms with Gasteiger partial charge in [0, 0.05) is 11.8 Å². The molecule has 1 aromatic heterocycles. The number of carbonyl (C=O) groups excluding carboxylic acids is 3. The molecule has 0 saturated carbocycles. The lowest BCUT2D eigenvalue weighted by atomic mass is 10.0. The van der Waals surface area contributed by atoms with E-state index in [4.69, 9.17) is 9.84 Å². The molecule has 0 aliphatic rings. The lowest BCUT2D eigenvalue weighted by Crippen LogP contribution is -2.30. The van der Waals surface area contributed by atoms with Gasteiger partial charge in [-0.3, -0.25) is 9.59 Å². The van der Waals surface area contributed by atoms with E-state index in [-0.39, 0.29) is 13.2 Å². The highest BCUT2D eigenvalue weighted by Crippen LogP contribution is 2.21. The van der Waals surface area contributed by atoms with Gasteiger partial charge in [-0.25, -0.2) is 9.48 Å². The van der Waals surface area contributed by atoms with Gasteiger partial charge in [0.2, 0.25) is 0 Å². The fraction of sp³-hybridized carbons (Fsp3) is 0.333. The molecule has 2 rings (SSSR count). The van der Waals surface area contributed by atoms with Gasteiger partial charge in [0.05, 0.1) is 31.5 Å². The minimum Gasteiger partial charge on any atom is -0.465 e. The number of benzene rings is 1. The van der Waals surface area contributed by atoms with E-state index in [0.717, 1.165) is 11.1 Å². The van der Waals surface area contributed by atoms with E-state index in [1.807, 2.05) is 0 Å². The number of aliphatic hydroxyl groups excluding tert-OH is 1. The zero-order valence-electron chi connectivity index (χ0n) is 15.6. The Labute approximate surface area is 156 Å². The van der Waals surface area contributed by atoms with Crippen LogP contribution in [-0.4, -0.2) is 46.4 Å². The highest BCUT2D eigenvalue weighted by molar-refractivity contribution is 6.43. The first-order valence-electron chi connectivity index (χ1n) is 8.24. The van der Waals surface area contributed by atoms with Crippen LogP contribution in [0.5, 0.6) is 0 Å². The van der Waals surface area contributed by atoms with Crippen LogP contribution in [0.15, 0.2) is 18.2 Å². The average molecular weight is 374 g/mol. The van der Waals surface area contributed by atoms with Crippen molar-refractivity contribution in [3.8, 4) is 0 Å². The maximum Gasteiger partial charge on any atom is 0.338 e. The molecular weight excluding hydrogens is 352 g/mol. The first-order valence-corrected chi connectivity index (χ1v) is 8.24. The minimum atomic E-state index is -0.900. The van der Waals surface area contributed by atoms with Crippen LogP contribution in [0.3, 0.4) is 0 Å². The van der Waals surface area contributed by atoms with E-state index < -0.39 is 17.8 Å². The summed E-state index contributed by atoms with van der Waals surface area (Å²) in [6, 6.07) is 4.71. The molecule has 0 atom stereocenters. The first-order chi connectivity index (χ1) is 12.8. The summed E-state index contributed by atoms with van der Waals surface area (Å²) in [5.41, 5.74) is 2.75. The number of aliphatic hydroxyl groups is 1. The van der Waals surface area contributed by atoms with Crippen molar-refractivity contribution in [2.24, 2.45) is 0 Å². The summed E-state index contributed by atoms with van der Waals surface area (Å²) >= 11 is 0. The van der Waals surface area contributed by atoms with E-state index in [0.29, 0.717) is 22.8 Å². The number of esters is 1. The van der Waals surface area contributed by atoms with Crippen molar-refractivity contribution in [3.05, 3.63) is 40.6 Å². The van der Waals surface area contributed by atoms with Gasteiger partial charge in [-0.05, 0) is 44.0 Å². The Balaban J connectivity index is 2.16. The number of anilines is 2. The Bertz CT molecular complexity index is 888. The van der Waals surface area contributed by atoms with Crippen molar-refractivity contribution in [3.63, 3.8) is 0 Å². The van der Waals surface area contributed by atoms with Gasteiger partial charge in [0.25, 0.3) is 0 Å². The molecule has 0 spiro atoms. The van der Waals surface area contributed by atoms with Gasteiger partial charge in [0.1, 0.15) is 5.82 Å². The Hall–Kier alpha value is -3.20. The molecule has 144 valence electrons. The van der Waals surface area contributed by atoms with Crippen molar-refractivity contribution >= 4 is 29.3 Å². The normalized spacial score (nSPS) is 10.4. The second-order valence-corrected chi connectivity index (χ2v) is 5.98. The smallest absolute Gasteiger partial charge is 0.338 e. The van der Waals surface area contributed by atoms with E-state index >= 15 is 0 Å². The van der Waals surface area contributed by atoms with E-state index in [1.165, 1.54) is 17.9 Å². The van der Waals surface area contributed by atoms with Crippen molar-refractivity contribution in [1.29, 1.82) is 0 Å². The highest BCUT2D eigenvalue weighted by Gasteiger charge is 2.19. The van der Waals surface area contributed by atoms with Gasteiger partial charge in [-0.2, -0.15) is 5.10 Å². The molecule has 0 saturated heterocycles. The summed E-state index contributed by atoms with van der Waals surface area (Å²) in [7, 11) is 1.27. The number of nitrogens with zero attached hydrogens (tertiary/aromatic N) is 2. The van der Waals surface area contributed by atoms with Gasteiger partial charge < -0.3 is 20.5 Å². The molecule has 0 bridgehead atoms. The highest BCUT2D eigenvalue weighted by atomic mass is 16.5. The fourth-order valence-electron chi connectivity index (χ4n) is 2.53. The molecule has 1 aromatic carbocycles. The van der Waals surface area contributed by atoms with Crippen molar-refractivity contribution in [2.75, 3.05) is 24.4 Å². The SMILES string of the molecule is COC(=O)c1cc(NC(=O)C(=O)Nc2cc(C)nn2CCO)cc(C)c1C. The lowest BCUT2D eigenvalue weighted by molar-refractivity contribution is -0.133. The quantitative estimate of drug-likeness (QED) is 0.533. The third-order valence-corrected chi connectivity index (χ3v) is 3.99. The lowest BCUT2D eigenvalue weighted by Gasteiger charge is -2.12. The second kappa shape index (κ2) is 8.45. The van der Waals surface area contributed by atoms with E-state index in [9.17, 15) is 14.4 Å². The molecule has 0 aliphatic carbocycles. The standard InChI is InChI=1S/C18H22N4O5/c1-10-7-13(9-14(12(10)3)18(26)27-4)19-16(24)17(25)20-15-8-11(2)21-22(15)5-6-23/h7-9,23H,5-6H2,1-4H3,(H,19,24)(H,20,25). The molecule has 0 aliphatic heterocycles. The summed E-state index contributed by atoms with van der Waals surface area (Å²) in [5.74, 6) is -2.02. The largest absolute Gasteiger partial charge is 0.465 e. The van der Waals surface area contributed by atoms with Gasteiger partial charge in [-0.1, -0.05) is 0 Å². The van der Waals surface area contributed by atoms with Gasteiger partial charge >= 0.3 is 17.8 Å². The van der Waals surface area contributed by atoms with E-state index in [1.54, 1.807) is 32.9 Å². The summed E-state index contributed by atoms with van der Waals surface area (Å²) in [6.07, 6.45) is 0. The summed E-state index contributed by atoms with van der Waals surface area (Å²) in [5, 5.41) is 18.1. The van der Waals surface area contributed by atoms with Gasteiger partial charge in [0.15, 0.2) is 0 Å². The molecule has 9 nitrogen and oxygen atoms in total. The summed E-state index contributed by atoms with van der Waals surface area (Å²) in [6.45, 7) is 5.31. The number of carbonyl (C=O) groups is 3. The van der Waals surface area contributed by atoms with Gasteiger partial charge in [-0.15, -0.1) is 0 Å². The van der Waals surface area contributed by atoms with Crippen molar-refractivity contribution in [2.45, 2.75) is 27.3 Å². The van der Waals surface area contributed by atoms with Crippen LogP contribution in [0.1, 0.15) is 27.2 Å². The Morgan fingerprint density at radius 1 is 1.11 bits per heavy atom. The zero-order valence-corrected chi connectivity index (χ0v) is 15.6. The van der Waals surface area contributed by atoms with Crippen LogP contribution in [0.2, 0.25) is 0 Å². The first kappa shape index (κ1) is 20.1. The van der Waals surface area contributed by atoms with Crippen LogP contribution >= 0.6 is 0 Å². The topological polar surface area (TPSA) is 123 Å². The minimum absolute atomic E-state index is 0.158. The molecule has 3 N–H and O–H groups in total. The predicted molar refractivity (Wildman–Crippen MR) is 98.6 cm³/mol. The van der Waals surface area contributed by atoms with Crippen LogP contribution in [0, 0.1) is 20.8 Å². The number of rotatable bonds is 5. The second-order valence-electron chi connectivity index (χ2n) is 5.98. The van der Waals surface area contributed by atoms with Crippen LogP contribution in [0.4, 0.5) is 11.5 Å². The molecule has 1 heterocycles. The number of ether oxygens (including phenoxy) is 1. The number of hydrogen-bond acceptors (Lipinski definition) is 6. The summed E-state index contributed by atoms with van der Waals surface area (Å²) in [4.78, 5) is 36.3. The van der Waals surface area contributed by atoms with Crippen LogP contribution in [0.25, 0.3) is 0 Å². The Kier molecular flexibility index (Phi) is 6.30. The third kappa shape index (κ3) is 4.70. The zero-order chi connectivity index (χ0) is 20.1. The fourth-order valence-corrected chi connectivity index (χ4v) is 2.53. The van der Waals surface area contributed by atoms with E-state index in [2.05, 4.69) is 15.7 Å². The summed E-state index contributed by atoms with van der Waals surface area (Å²) < 4.78 is 6.13. The van der Waals surface area contributed by atoms with Crippen LogP contribution < -0.4 is 10.6 Å². The molecule has 0 fully saturated rings.